The maximum atomic E-state index is 2.84. The highest BCUT2D eigenvalue weighted by atomic mass is 15.3. The molecule has 3 heterocycles. The van der Waals surface area contributed by atoms with Gasteiger partial charge in [-0.05, 0) is 174 Å². The van der Waals surface area contributed by atoms with E-state index < -0.39 is 0 Å². The molecule has 14 rings (SSSR count). The maximum Gasteiger partial charge on any atom is 0.252 e. The minimum atomic E-state index is -0.188. The van der Waals surface area contributed by atoms with E-state index in [4.69, 9.17) is 0 Å². The molecule has 4 heteroatoms. The van der Waals surface area contributed by atoms with E-state index in [2.05, 4.69) is 292 Å². The van der Waals surface area contributed by atoms with Gasteiger partial charge in [0.1, 0.15) is 0 Å². The zero-order valence-electron chi connectivity index (χ0n) is 49.9. The van der Waals surface area contributed by atoms with E-state index in [0.717, 1.165) is 24.9 Å². The van der Waals surface area contributed by atoms with Gasteiger partial charge < -0.3 is 14.7 Å². The van der Waals surface area contributed by atoms with Crippen molar-refractivity contribution in [2.75, 3.05) is 14.7 Å². The van der Waals surface area contributed by atoms with Gasteiger partial charge in [0.05, 0.1) is 11.2 Å². The van der Waals surface area contributed by atoms with Crippen LogP contribution in [0.1, 0.15) is 143 Å². The molecule has 2 unspecified atom stereocenters. The Morgan fingerprint density at radius 3 is 1.57 bits per heavy atom. The first-order valence-electron chi connectivity index (χ1n) is 30.1. The van der Waals surface area contributed by atoms with Crippen LogP contribution in [0.25, 0.3) is 33.4 Å². The Labute approximate surface area is 483 Å². The fraction of sp³-hybridized carbons (Fsp3) is 0.299. The van der Waals surface area contributed by atoms with Crippen molar-refractivity contribution in [3.05, 3.63) is 222 Å². The summed E-state index contributed by atoms with van der Waals surface area (Å²) in [5, 5.41) is 0. The Bertz CT molecular complexity index is 3990. The molecule has 81 heavy (non-hydrogen) atoms. The van der Waals surface area contributed by atoms with Crippen LogP contribution in [0.4, 0.5) is 45.5 Å². The normalized spacial score (nSPS) is 20.0. The van der Waals surface area contributed by atoms with Crippen molar-refractivity contribution in [2.24, 2.45) is 0 Å². The molecule has 1 fully saturated rings. The van der Waals surface area contributed by atoms with Crippen molar-refractivity contribution >= 4 is 68.6 Å². The summed E-state index contributed by atoms with van der Waals surface area (Å²) in [5.74, 6) is 0. The molecule has 3 aliphatic heterocycles. The van der Waals surface area contributed by atoms with E-state index >= 15 is 0 Å². The number of benzene rings is 9. The molecule has 1 saturated carbocycles. The molecule has 0 aromatic heterocycles. The number of nitrogens with zero attached hydrogens (tertiary/aromatic N) is 3. The van der Waals surface area contributed by atoms with Gasteiger partial charge in [-0.15, -0.1) is 0 Å². The Morgan fingerprint density at radius 2 is 0.926 bits per heavy atom. The minimum Gasteiger partial charge on any atom is -0.334 e. The van der Waals surface area contributed by atoms with Crippen LogP contribution in [-0.2, 0) is 27.1 Å². The second kappa shape index (κ2) is 18.0. The molecular weight excluding hydrogens is 978 g/mol. The second-order valence-corrected chi connectivity index (χ2v) is 28.4. The second-order valence-electron chi connectivity index (χ2n) is 28.4. The molecule has 0 amide bonds. The van der Waals surface area contributed by atoms with E-state index in [1.165, 1.54) is 130 Å². The summed E-state index contributed by atoms with van der Waals surface area (Å²) in [7, 11) is 0. The fourth-order valence-electron chi connectivity index (χ4n) is 16.0. The predicted octanol–water partition coefficient (Wildman–Crippen LogP) is 19.1. The molecule has 3 nitrogen and oxygen atoms in total. The molecule has 0 spiro atoms. The van der Waals surface area contributed by atoms with E-state index in [-0.39, 0.29) is 39.3 Å². The number of anilines is 8. The third-order valence-corrected chi connectivity index (χ3v) is 20.3. The van der Waals surface area contributed by atoms with Gasteiger partial charge in [0, 0.05) is 50.8 Å². The van der Waals surface area contributed by atoms with Crippen molar-refractivity contribution in [3.63, 3.8) is 0 Å². The van der Waals surface area contributed by atoms with Crippen LogP contribution < -0.4 is 31.1 Å². The Hall–Kier alpha value is -7.56. The van der Waals surface area contributed by atoms with Gasteiger partial charge in [0.25, 0.3) is 6.71 Å². The van der Waals surface area contributed by atoms with Crippen LogP contribution in [0.3, 0.4) is 0 Å². The van der Waals surface area contributed by atoms with Gasteiger partial charge in [-0.2, -0.15) is 0 Å². The van der Waals surface area contributed by atoms with Crippen molar-refractivity contribution < 1.29 is 0 Å². The van der Waals surface area contributed by atoms with E-state index in [1.54, 1.807) is 0 Å². The number of hydrogen-bond donors (Lipinski definition) is 0. The number of fused-ring (bicyclic) bond motifs is 8. The van der Waals surface area contributed by atoms with Crippen LogP contribution in [0.5, 0.6) is 0 Å². The van der Waals surface area contributed by atoms with Crippen molar-refractivity contribution in [1.29, 1.82) is 0 Å². The van der Waals surface area contributed by atoms with Gasteiger partial charge in [-0.25, -0.2) is 0 Å². The highest BCUT2D eigenvalue weighted by Crippen LogP contribution is 2.63. The third kappa shape index (κ3) is 7.89. The lowest BCUT2D eigenvalue weighted by Gasteiger charge is -2.51. The van der Waals surface area contributed by atoms with Crippen LogP contribution in [0.2, 0.25) is 0 Å². The first-order valence-corrected chi connectivity index (χ1v) is 30.1. The molecule has 9 aromatic carbocycles. The van der Waals surface area contributed by atoms with Crippen LogP contribution >= 0.6 is 0 Å². The topological polar surface area (TPSA) is 9.72 Å². The molecule has 0 bridgehead atoms. The van der Waals surface area contributed by atoms with Crippen LogP contribution in [-0.4, -0.2) is 12.3 Å². The molecule has 2 atom stereocenters. The summed E-state index contributed by atoms with van der Waals surface area (Å²) in [4.78, 5) is 8.26. The lowest BCUT2D eigenvalue weighted by molar-refractivity contribution is 0.195. The quantitative estimate of drug-likeness (QED) is 0.154. The lowest BCUT2D eigenvalue weighted by atomic mass is 9.33. The highest BCUT2D eigenvalue weighted by molar-refractivity contribution is 7.00. The Morgan fingerprint density at radius 1 is 0.383 bits per heavy atom. The van der Waals surface area contributed by atoms with E-state index in [0.29, 0.717) is 0 Å². The summed E-state index contributed by atoms with van der Waals surface area (Å²) in [5.41, 5.74) is 28.2. The van der Waals surface area contributed by atoms with Crippen LogP contribution in [0, 0.1) is 0 Å². The molecule has 0 saturated heterocycles. The summed E-state index contributed by atoms with van der Waals surface area (Å²) in [6, 6.07) is 75.5. The molecule has 404 valence electrons. The SMILES string of the molecule is CC(C)(C)c1ccc(N2c3cc4c(cc3B3c5ccc(-c6ccccc6)cc5N(c5cccc(-c6ccccc6)c5)c5cc(N6c7ccc(C(C)(C)C)cc7C7(C)CCCCC67C)cc2c53)C(C)(C)CC4(C)C)c(-c2ccccc2)c1. The third-order valence-electron chi connectivity index (χ3n) is 20.3. The standard InChI is InChI=1S/C77H78BN3/c1-72(2,3)55-34-37-65(59(43-55)52-29-20-15-21-30-52)80-68-48-61-60(74(7,8)49-75(61,9)10)47-64(68)78-63-36-33-54(51-27-18-14-19-28-51)42-67(63)79(57-32-24-31-53(41-57)50-25-16-13-17-26-50)69-45-58(46-70(80)71(69)78)81-66-38-35-56(73(4,5)6)44-62(66)76(11)39-22-23-40-77(76,81)12/h13-21,24-38,41-48H,22-23,39-40,49H2,1-12H3. The smallest absolute Gasteiger partial charge is 0.252 e. The summed E-state index contributed by atoms with van der Waals surface area (Å²) in [6.07, 6.45) is 5.79. The summed E-state index contributed by atoms with van der Waals surface area (Å²) < 4.78 is 0. The van der Waals surface area contributed by atoms with Gasteiger partial charge in [-0.1, -0.05) is 229 Å². The maximum absolute atomic E-state index is 2.84. The molecule has 0 radical (unpaired) electrons. The van der Waals surface area contributed by atoms with Crippen molar-refractivity contribution in [1.82, 2.24) is 0 Å². The average molecular weight is 1060 g/mol. The first-order chi connectivity index (χ1) is 38.6. The zero-order valence-corrected chi connectivity index (χ0v) is 49.9. The molecule has 9 aromatic rings. The Kier molecular flexibility index (Phi) is 11.4. The summed E-state index contributed by atoms with van der Waals surface area (Å²) >= 11 is 0. The van der Waals surface area contributed by atoms with Crippen molar-refractivity contribution in [2.45, 2.75) is 148 Å². The van der Waals surface area contributed by atoms with Gasteiger partial charge >= 0.3 is 0 Å². The molecule has 5 aliphatic rings. The van der Waals surface area contributed by atoms with Gasteiger partial charge in [0.2, 0.25) is 0 Å². The van der Waals surface area contributed by atoms with E-state index in [1.807, 2.05) is 0 Å². The average Bonchev–Trinajstić information content (AvgIpc) is 2.25. The van der Waals surface area contributed by atoms with Crippen LogP contribution in [0.15, 0.2) is 194 Å². The van der Waals surface area contributed by atoms with E-state index in [9.17, 15) is 0 Å². The molecule has 2 aliphatic carbocycles. The lowest BCUT2D eigenvalue weighted by Crippen LogP contribution is -2.62. The predicted molar refractivity (Wildman–Crippen MR) is 348 cm³/mol. The molecule has 0 N–H and O–H groups in total. The zero-order chi connectivity index (χ0) is 56.2. The monoisotopic (exact) mass is 1060 g/mol. The highest BCUT2D eigenvalue weighted by Gasteiger charge is 2.58. The van der Waals surface area contributed by atoms with Crippen molar-refractivity contribution in [3.8, 4) is 33.4 Å². The van der Waals surface area contributed by atoms with Gasteiger partial charge in [-0.3, -0.25) is 0 Å². The largest absolute Gasteiger partial charge is 0.334 e. The summed E-state index contributed by atoms with van der Waals surface area (Å²) in [6.45, 7) is 29.3. The number of rotatable bonds is 6. The first kappa shape index (κ1) is 51.6. The Balaban J connectivity index is 1.15. The minimum absolute atomic E-state index is 0.00805. The molecular formula is C77H78BN3. The number of hydrogen-bond acceptors (Lipinski definition) is 3. The fourth-order valence-corrected chi connectivity index (χ4v) is 16.0. The van der Waals surface area contributed by atoms with Gasteiger partial charge in [0.15, 0.2) is 0 Å².